The van der Waals surface area contributed by atoms with Crippen molar-refractivity contribution in [1.29, 1.82) is 0 Å². The lowest BCUT2D eigenvalue weighted by molar-refractivity contribution is 0.156. The van der Waals surface area contributed by atoms with Gasteiger partial charge in [0.15, 0.2) is 0 Å². The molecule has 0 spiro atoms. The van der Waals surface area contributed by atoms with Crippen LogP contribution in [-0.4, -0.2) is 41.4 Å². The van der Waals surface area contributed by atoms with Crippen LogP contribution in [0.3, 0.4) is 0 Å². The summed E-state index contributed by atoms with van der Waals surface area (Å²) in [6.45, 7) is 4.46. The molecule has 0 aliphatic rings. The van der Waals surface area contributed by atoms with Crippen molar-refractivity contribution < 1.29 is 0 Å². The first-order valence-electron chi connectivity index (χ1n) is 8.14. The van der Waals surface area contributed by atoms with Gasteiger partial charge in [0, 0.05) is 6.54 Å². The summed E-state index contributed by atoms with van der Waals surface area (Å²) in [6, 6.07) is 16.0. The molecule has 0 saturated carbocycles. The highest BCUT2D eigenvalue weighted by Gasteiger charge is 2.12. The minimum Gasteiger partial charge on any atom is -0.265 e. The molecule has 0 atom stereocenters. The Kier molecular flexibility index (Phi) is 3.92. The van der Waals surface area contributed by atoms with Crippen molar-refractivity contribution in [3.8, 4) is 0 Å². The molecule has 0 saturated heterocycles. The van der Waals surface area contributed by atoms with Crippen LogP contribution in [0.2, 0.25) is 0 Å². The fraction of sp³-hybridized carbons (Fsp3) is 0.294. The Morgan fingerprint density at radius 1 is 0.792 bits per heavy atom. The third kappa shape index (κ3) is 2.74. The summed E-state index contributed by atoms with van der Waals surface area (Å²) in [5.74, 6) is 0. The van der Waals surface area contributed by atoms with E-state index in [1.54, 1.807) is 0 Å². The van der Waals surface area contributed by atoms with Crippen LogP contribution < -0.4 is 0 Å². The molecule has 2 aromatic heterocycles. The average Bonchev–Trinajstić information content (AvgIpc) is 3.20. The first-order chi connectivity index (χ1) is 11.8. The van der Waals surface area contributed by atoms with E-state index in [-0.39, 0.29) is 0 Å². The molecule has 122 valence electrons. The second-order valence-corrected chi connectivity index (χ2v) is 5.83. The van der Waals surface area contributed by atoms with Crippen LogP contribution in [0.15, 0.2) is 48.5 Å². The van der Waals surface area contributed by atoms with Crippen LogP contribution in [0.25, 0.3) is 22.1 Å². The molecule has 7 nitrogen and oxygen atoms in total. The van der Waals surface area contributed by atoms with E-state index in [0.717, 1.165) is 35.0 Å². The van der Waals surface area contributed by atoms with Gasteiger partial charge in [0.1, 0.15) is 11.0 Å². The van der Waals surface area contributed by atoms with E-state index < -0.39 is 0 Å². The smallest absolute Gasteiger partial charge is 0.113 e. The van der Waals surface area contributed by atoms with E-state index in [9.17, 15) is 0 Å². The zero-order valence-electron chi connectivity index (χ0n) is 13.6. The zero-order chi connectivity index (χ0) is 16.4. The Hall–Kier alpha value is -2.80. The van der Waals surface area contributed by atoms with Crippen molar-refractivity contribution in [2.75, 3.05) is 6.54 Å². The van der Waals surface area contributed by atoms with E-state index in [1.807, 2.05) is 57.9 Å². The van der Waals surface area contributed by atoms with Crippen LogP contribution in [0.4, 0.5) is 0 Å². The van der Waals surface area contributed by atoms with Crippen molar-refractivity contribution >= 4 is 22.1 Å². The van der Waals surface area contributed by atoms with Gasteiger partial charge in [-0.15, -0.1) is 10.2 Å². The van der Waals surface area contributed by atoms with Gasteiger partial charge >= 0.3 is 0 Å². The summed E-state index contributed by atoms with van der Waals surface area (Å²) < 4.78 is 3.87. The van der Waals surface area contributed by atoms with Gasteiger partial charge in [-0.2, -0.15) is 0 Å². The topological polar surface area (TPSA) is 64.7 Å². The molecule has 4 rings (SSSR count). The Morgan fingerprint density at radius 3 is 1.79 bits per heavy atom. The Balaban J connectivity index is 1.60. The summed E-state index contributed by atoms with van der Waals surface area (Å²) in [6.07, 6.45) is 1.05. The lowest BCUT2D eigenvalue weighted by Gasteiger charge is -2.21. The number of aromatic nitrogens is 6. The van der Waals surface area contributed by atoms with E-state index in [1.165, 1.54) is 0 Å². The van der Waals surface area contributed by atoms with Gasteiger partial charge in [-0.1, -0.05) is 41.6 Å². The summed E-state index contributed by atoms with van der Waals surface area (Å²) in [4.78, 5) is 2.29. The number of rotatable bonds is 6. The van der Waals surface area contributed by atoms with Gasteiger partial charge in [-0.3, -0.25) is 4.90 Å². The normalized spacial score (nSPS) is 11.8. The van der Waals surface area contributed by atoms with Gasteiger partial charge in [0.05, 0.1) is 24.4 Å². The van der Waals surface area contributed by atoms with Crippen molar-refractivity contribution in [3.05, 3.63) is 48.5 Å². The third-order valence-corrected chi connectivity index (χ3v) is 4.05. The molecule has 0 aliphatic carbocycles. The van der Waals surface area contributed by atoms with Crippen LogP contribution in [0, 0.1) is 0 Å². The number of hydrogen-bond acceptors (Lipinski definition) is 5. The zero-order valence-corrected chi connectivity index (χ0v) is 13.6. The SMILES string of the molecule is CCCN(Cn1nnc2ccccc21)Cn1nnc2ccccc21. The predicted octanol–water partition coefficient (Wildman–Crippen LogP) is 2.50. The molecule has 0 bridgehead atoms. The van der Waals surface area contributed by atoms with Gasteiger partial charge < -0.3 is 0 Å². The molecule has 0 aliphatic heterocycles. The Labute approximate surface area is 139 Å². The summed E-state index contributed by atoms with van der Waals surface area (Å²) >= 11 is 0. The van der Waals surface area contributed by atoms with Crippen molar-refractivity contribution in [1.82, 2.24) is 34.9 Å². The Bertz CT molecular complexity index is 880. The molecule has 0 N–H and O–H groups in total. The second kappa shape index (κ2) is 6.37. The second-order valence-electron chi connectivity index (χ2n) is 5.83. The summed E-state index contributed by atoms with van der Waals surface area (Å²) in [7, 11) is 0. The number of fused-ring (bicyclic) bond motifs is 2. The molecule has 4 aromatic rings. The maximum Gasteiger partial charge on any atom is 0.113 e. The Morgan fingerprint density at radius 2 is 1.29 bits per heavy atom. The quantitative estimate of drug-likeness (QED) is 0.546. The highest BCUT2D eigenvalue weighted by Crippen LogP contribution is 2.13. The van der Waals surface area contributed by atoms with E-state index >= 15 is 0 Å². The van der Waals surface area contributed by atoms with E-state index in [2.05, 4.69) is 32.4 Å². The number of para-hydroxylation sites is 2. The molecular weight excluding hydrogens is 302 g/mol. The first-order valence-corrected chi connectivity index (χ1v) is 8.14. The largest absolute Gasteiger partial charge is 0.265 e. The average molecular weight is 321 g/mol. The third-order valence-electron chi connectivity index (χ3n) is 4.05. The number of nitrogens with zero attached hydrogens (tertiary/aromatic N) is 7. The van der Waals surface area contributed by atoms with Crippen LogP contribution in [-0.2, 0) is 13.3 Å². The highest BCUT2D eigenvalue weighted by atomic mass is 15.5. The molecular formula is C17H19N7. The lowest BCUT2D eigenvalue weighted by atomic mass is 10.3. The van der Waals surface area contributed by atoms with Crippen LogP contribution >= 0.6 is 0 Å². The van der Waals surface area contributed by atoms with E-state index in [0.29, 0.717) is 13.3 Å². The maximum absolute atomic E-state index is 4.29. The minimum atomic E-state index is 0.669. The van der Waals surface area contributed by atoms with Crippen molar-refractivity contribution in [3.63, 3.8) is 0 Å². The van der Waals surface area contributed by atoms with Gasteiger partial charge in [0.25, 0.3) is 0 Å². The maximum atomic E-state index is 4.29. The van der Waals surface area contributed by atoms with Crippen molar-refractivity contribution in [2.45, 2.75) is 26.7 Å². The van der Waals surface area contributed by atoms with Crippen molar-refractivity contribution in [2.24, 2.45) is 0 Å². The van der Waals surface area contributed by atoms with Crippen LogP contribution in [0.5, 0.6) is 0 Å². The summed E-state index contributed by atoms with van der Waals surface area (Å²) in [5, 5.41) is 17.0. The highest BCUT2D eigenvalue weighted by molar-refractivity contribution is 5.74. The van der Waals surface area contributed by atoms with Gasteiger partial charge in [0.2, 0.25) is 0 Å². The van der Waals surface area contributed by atoms with Gasteiger partial charge in [-0.05, 0) is 30.7 Å². The fourth-order valence-electron chi connectivity index (χ4n) is 2.92. The molecule has 0 radical (unpaired) electrons. The first kappa shape index (κ1) is 14.8. The molecule has 0 unspecified atom stereocenters. The van der Waals surface area contributed by atoms with Gasteiger partial charge in [-0.25, -0.2) is 9.36 Å². The van der Waals surface area contributed by atoms with E-state index in [4.69, 9.17) is 0 Å². The molecule has 24 heavy (non-hydrogen) atoms. The minimum absolute atomic E-state index is 0.669. The molecule has 2 heterocycles. The molecule has 7 heteroatoms. The number of benzene rings is 2. The molecule has 0 fully saturated rings. The summed E-state index contributed by atoms with van der Waals surface area (Å²) in [5.41, 5.74) is 3.92. The predicted molar refractivity (Wildman–Crippen MR) is 92.1 cm³/mol. The monoisotopic (exact) mass is 321 g/mol. The lowest BCUT2D eigenvalue weighted by Crippen LogP contribution is -2.30. The molecule has 0 amide bonds. The number of hydrogen-bond donors (Lipinski definition) is 0. The standard InChI is InChI=1S/C17H19N7/c1-2-11-22(12-23-16-9-5-3-7-14(16)18-20-23)13-24-17-10-6-4-8-15(17)19-21-24/h3-10H,2,11-13H2,1H3. The van der Waals surface area contributed by atoms with Crippen LogP contribution in [0.1, 0.15) is 13.3 Å². The fourth-order valence-corrected chi connectivity index (χ4v) is 2.92. The molecule has 2 aromatic carbocycles.